The van der Waals surface area contributed by atoms with Crippen LogP contribution < -0.4 is 5.32 Å². The quantitative estimate of drug-likeness (QED) is 0.478. The number of carbonyl (C=O) groups excluding carboxylic acids is 1. The first-order valence-corrected chi connectivity index (χ1v) is 9.07. The predicted octanol–water partition coefficient (Wildman–Crippen LogP) is 5.96. The van der Waals surface area contributed by atoms with Crippen LogP contribution in [0.1, 0.15) is 22.8 Å². The monoisotopic (exact) mass is 376 g/mol. The van der Waals surface area contributed by atoms with Gasteiger partial charge in [-0.25, -0.2) is 4.98 Å². The van der Waals surface area contributed by atoms with E-state index in [9.17, 15) is 4.79 Å². The summed E-state index contributed by atoms with van der Waals surface area (Å²) in [5.74, 6) is 0.360. The van der Waals surface area contributed by atoms with E-state index >= 15 is 0 Å². The molecule has 4 rings (SSSR count). The molecule has 1 heterocycles. The number of fused-ring (bicyclic) bond motifs is 1. The van der Waals surface area contributed by atoms with Crippen LogP contribution in [0.3, 0.4) is 0 Å². The highest BCUT2D eigenvalue weighted by Gasteiger charge is 2.11. The van der Waals surface area contributed by atoms with Gasteiger partial charge in [0.1, 0.15) is 5.52 Å². The highest BCUT2D eigenvalue weighted by atomic mass is 35.5. The fourth-order valence-corrected chi connectivity index (χ4v) is 2.94. The van der Waals surface area contributed by atoms with Gasteiger partial charge in [0.15, 0.2) is 5.58 Å². The molecule has 0 bridgehead atoms. The zero-order valence-electron chi connectivity index (χ0n) is 14.7. The van der Waals surface area contributed by atoms with E-state index in [-0.39, 0.29) is 5.91 Å². The Morgan fingerprint density at radius 3 is 2.48 bits per heavy atom. The summed E-state index contributed by atoms with van der Waals surface area (Å²) in [5, 5.41) is 3.46. The van der Waals surface area contributed by atoms with E-state index in [0.29, 0.717) is 33.3 Å². The van der Waals surface area contributed by atoms with Crippen molar-refractivity contribution in [1.82, 2.24) is 4.98 Å². The molecule has 0 aliphatic rings. The van der Waals surface area contributed by atoms with Gasteiger partial charge in [-0.15, -0.1) is 0 Å². The molecule has 1 aromatic heterocycles. The molecule has 0 saturated carbocycles. The first-order valence-electron chi connectivity index (χ1n) is 8.69. The van der Waals surface area contributed by atoms with Crippen LogP contribution in [0.15, 0.2) is 71.1 Å². The van der Waals surface area contributed by atoms with Crippen molar-refractivity contribution in [3.05, 3.63) is 82.9 Å². The number of benzene rings is 3. The number of anilines is 1. The summed E-state index contributed by atoms with van der Waals surface area (Å²) in [4.78, 5) is 16.9. The molecule has 134 valence electrons. The van der Waals surface area contributed by atoms with Gasteiger partial charge < -0.3 is 9.73 Å². The Hall–Kier alpha value is -3.11. The average Bonchev–Trinajstić information content (AvgIpc) is 3.12. The van der Waals surface area contributed by atoms with Crippen molar-refractivity contribution in [2.75, 3.05) is 5.32 Å². The van der Waals surface area contributed by atoms with Crippen molar-refractivity contribution in [3.8, 4) is 11.5 Å². The van der Waals surface area contributed by atoms with Crippen molar-refractivity contribution in [3.63, 3.8) is 0 Å². The van der Waals surface area contributed by atoms with Gasteiger partial charge in [-0.05, 0) is 66.6 Å². The van der Waals surface area contributed by atoms with E-state index in [1.54, 1.807) is 36.4 Å². The van der Waals surface area contributed by atoms with E-state index in [4.69, 9.17) is 16.0 Å². The Bertz CT molecular complexity index is 1100. The number of oxazole rings is 1. The highest BCUT2D eigenvalue weighted by Crippen LogP contribution is 2.26. The van der Waals surface area contributed by atoms with E-state index in [1.165, 1.54) is 5.56 Å². The summed E-state index contributed by atoms with van der Waals surface area (Å²) in [5.41, 5.74) is 4.75. The van der Waals surface area contributed by atoms with Crippen LogP contribution in [-0.2, 0) is 6.42 Å². The summed E-state index contributed by atoms with van der Waals surface area (Å²) >= 11 is 5.86. The third-order valence-corrected chi connectivity index (χ3v) is 4.61. The minimum absolute atomic E-state index is 0.204. The Morgan fingerprint density at radius 1 is 1.04 bits per heavy atom. The molecule has 1 amide bonds. The summed E-state index contributed by atoms with van der Waals surface area (Å²) < 4.78 is 5.85. The largest absolute Gasteiger partial charge is 0.436 e. The molecule has 0 unspecified atom stereocenters. The lowest BCUT2D eigenvalue weighted by Gasteiger charge is -2.05. The zero-order valence-corrected chi connectivity index (χ0v) is 15.5. The topological polar surface area (TPSA) is 55.1 Å². The first kappa shape index (κ1) is 17.3. The lowest BCUT2D eigenvalue weighted by molar-refractivity contribution is 0.102. The fourth-order valence-electron chi connectivity index (χ4n) is 2.82. The predicted molar refractivity (Wildman–Crippen MR) is 108 cm³/mol. The van der Waals surface area contributed by atoms with Gasteiger partial charge in [0, 0.05) is 21.8 Å². The van der Waals surface area contributed by atoms with E-state index < -0.39 is 0 Å². The van der Waals surface area contributed by atoms with Crippen molar-refractivity contribution in [1.29, 1.82) is 0 Å². The van der Waals surface area contributed by atoms with Crippen LogP contribution in [0.5, 0.6) is 0 Å². The van der Waals surface area contributed by atoms with Crippen LogP contribution in [0.4, 0.5) is 5.69 Å². The van der Waals surface area contributed by atoms with Crippen molar-refractivity contribution in [2.45, 2.75) is 13.3 Å². The Kier molecular flexibility index (Phi) is 4.65. The Labute approximate surface area is 161 Å². The minimum atomic E-state index is -0.204. The Morgan fingerprint density at radius 2 is 1.78 bits per heavy atom. The van der Waals surface area contributed by atoms with Crippen molar-refractivity contribution in [2.24, 2.45) is 0 Å². The second-order valence-corrected chi connectivity index (χ2v) is 6.65. The standard InChI is InChI=1S/C22H17ClN2O2/c1-2-14-3-5-16(6-4-14)22-25-19-13-18(11-12-20(19)27-22)24-21(26)15-7-9-17(23)10-8-15/h3-13H,2H2,1H3,(H,24,26). The molecule has 0 fully saturated rings. The number of nitrogens with zero attached hydrogens (tertiary/aromatic N) is 1. The molecule has 0 spiro atoms. The van der Waals surface area contributed by atoms with Crippen LogP contribution in [0, 0.1) is 0 Å². The van der Waals surface area contributed by atoms with Gasteiger partial charge in [-0.3, -0.25) is 4.79 Å². The van der Waals surface area contributed by atoms with E-state index in [2.05, 4.69) is 29.4 Å². The van der Waals surface area contributed by atoms with Gasteiger partial charge in [0.2, 0.25) is 5.89 Å². The van der Waals surface area contributed by atoms with Gasteiger partial charge >= 0.3 is 0 Å². The maximum absolute atomic E-state index is 12.4. The van der Waals surface area contributed by atoms with Crippen molar-refractivity contribution >= 4 is 34.3 Å². The maximum atomic E-state index is 12.4. The summed E-state index contributed by atoms with van der Waals surface area (Å²) in [6.07, 6.45) is 0.991. The van der Waals surface area contributed by atoms with Gasteiger partial charge in [-0.2, -0.15) is 0 Å². The summed E-state index contributed by atoms with van der Waals surface area (Å²) in [7, 11) is 0. The number of rotatable bonds is 4. The molecule has 5 heteroatoms. The third kappa shape index (κ3) is 3.71. The number of aromatic nitrogens is 1. The number of carbonyl (C=O) groups is 1. The highest BCUT2D eigenvalue weighted by molar-refractivity contribution is 6.30. The molecule has 3 aromatic carbocycles. The van der Waals surface area contributed by atoms with Crippen LogP contribution in [0.2, 0.25) is 5.02 Å². The average molecular weight is 377 g/mol. The summed E-state index contributed by atoms with van der Waals surface area (Å²) in [6, 6.07) is 20.3. The van der Waals surface area contributed by atoms with E-state index in [1.807, 2.05) is 18.2 Å². The molecule has 1 N–H and O–H groups in total. The molecule has 0 aliphatic carbocycles. The number of hydrogen-bond acceptors (Lipinski definition) is 3. The van der Waals surface area contributed by atoms with Gasteiger partial charge in [0.25, 0.3) is 5.91 Å². The van der Waals surface area contributed by atoms with Gasteiger partial charge in [0.05, 0.1) is 0 Å². The molecule has 4 nitrogen and oxygen atoms in total. The second kappa shape index (κ2) is 7.25. The molecule has 0 aliphatic heterocycles. The minimum Gasteiger partial charge on any atom is -0.436 e. The molecule has 27 heavy (non-hydrogen) atoms. The lowest BCUT2D eigenvalue weighted by atomic mass is 10.1. The van der Waals surface area contributed by atoms with E-state index in [0.717, 1.165) is 12.0 Å². The number of hydrogen-bond donors (Lipinski definition) is 1. The maximum Gasteiger partial charge on any atom is 0.255 e. The number of aryl methyl sites for hydroxylation is 1. The van der Waals surface area contributed by atoms with Crippen LogP contribution in [-0.4, -0.2) is 10.9 Å². The smallest absolute Gasteiger partial charge is 0.255 e. The lowest BCUT2D eigenvalue weighted by Crippen LogP contribution is -2.11. The van der Waals surface area contributed by atoms with Crippen LogP contribution >= 0.6 is 11.6 Å². The molecule has 4 aromatic rings. The Balaban J connectivity index is 1.58. The molecular weight excluding hydrogens is 360 g/mol. The van der Waals surface area contributed by atoms with Crippen molar-refractivity contribution < 1.29 is 9.21 Å². The SMILES string of the molecule is CCc1ccc(-c2nc3cc(NC(=O)c4ccc(Cl)cc4)ccc3o2)cc1. The number of amides is 1. The fraction of sp³-hybridized carbons (Fsp3) is 0.0909. The van der Waals surface area contributed by atoms with Crippen LogP contribution in [0.25, 0.3) is 22.6 Å². The molecule has 0 saturated heterocycles. The number of halogens is 1. The van der Waals surface area contributed by atoms with Gasteiger partial charge in [-0.1, -0.05) is 30.7 Å². The first-order chi connectivity index (χ1) is 13.1. The normalized spacial score (nSPS) is 10.9. The summed E-state index contributed by atoms with van der Waals surface area (Å²) in [6.45, 7) is 2.12. The molecule has 0 radical (unpaired) electrons. The molecule has 0 atom stereocenters. The molecular formula is C22H17ClN2O2. The second-order valence-electron chi connectivity index (χ2n) is 6.21. The third-order valence-electron chi connectivity index (χ3n) is 4.36. The zero-order chi connectivity index (χ0) is 18.8. The number of nitrogens with one attached hydrogen (secondary N) is 1.